The number of Topliss-reactive ketones (excluding diaryl/α,β-unsaturated/α-hetero) is 1. The fraction of sp³-hybridized carbons (Fsp3) is 0.900. The summed E-state index contributed by atoms with van der Waals surface area (Å²) in [6.07, 6.45) is 6.27. The molecule has 0 heterocycles. The summed E-state index contributed by atoms with van der Waals surface area (Å²) in [5.74, 6) is 1.12. The lowest BCUT2D eigenvalue weighted by Crippen LogP contribution is -2.15. The summed E-state index contributed by atoms with van der Waals surface area (Å²) in [4.78, 5) is 11.1. The number of methoxy groups -OCH3 is 1. The minimum atomic E-state index is 0.462. The second-order valence-corrected chi connectivity index (χ2v) is 3.64. The van der Waals surface area contributed by atoms with Gasteiger partial charge in [0.05, 0.1) is 0 Å². The fourth-order valence-electron chi connectivity index (χ4n) is 1.88. The molecule has 1 aliphatic carbocycles. The largest absolute Gasteiger partial charge is 0.385 e. The summed E-state index contributed by atoms with van der Waals surface area (Å²) in [5, 5.41) is 0. The number of ether oxygens (including phenoxy) is 1. The van der Waals surface area contributed by atoms with Crippen molar-refractivity contribution >= 4 is 5.78 Å². The first-order chi connectivity index (χ1) is 5.83. The van der Waals surface area contributed by atoms with Gasteiger partial charge in [0.2, 0.25) is 0 Å². The number of rotatable bonds is 4. The second kappa shape index (κ2) is 5.31. The molecule has 1 fully saturated rings. The topological polar surface area (TPSA) is 26.3 Å². The molecule has 1 unspecified atom stereocenters. The number of hydrogen-bond acceptors (Lipinski definition) is 2. The van der Waals surface area contributed by atoms with Gasteiger partial charge in [-0.2, -0.15) is 0 Å². The Labute approximate surface area is 74.3 Å². The van der Waals surface area contributed by atoms with Gasteiger partial charge in [0.1, 0.15) is 5.78 Å². The highest BCUT2D eigenvalue weighted by atomic mass is 16.5. The lowest BCUT2D eigenvalue weighted by atomic mass is 9.85. The number of ketones is 1. The van der Waals surface area contributed by atoms with Crippen LogP contribution >= 0.6 is 0 Å². The maximum atomic E-state index is 11.1. The third-order valence-corrected chi connectivity index (χ3v) is 2.55. The molecule has 0 bridgehead atoms. The zero-order chi connectivity index (χ0) is 8.81. The first-order valence-corrected chi connectivity index (χ1v) is 4.83. The molecule has 0 aromatic heterocycles. The highest BCUT2D eigenvalue weighted by Crippen LogP contribution is 2.24. The molecule has 0 spiro atoms. The van der Waals surface area contributed by atoms with Crippen molar-refractivity contribution in [2.24, 2.45) is 5.92 Å². The van der Waals surface area contributed by atoms with Gasteiger partial charge in [-0.05, 0) is 31.6 Å². The van der Waals surface area contributed by atoms with E-state index in [9.17, 15) is 4.79 Å². The van der Waals surface area contributed by atoms with E-state index < -0.39 is 0 Å². The van der Waals surface area contributed by atoms with E-state index in [0.29, 0.717) is 11.7 Å². The normalized spacial score (nSPS) is 24.4. The van der Waals surface area contributed by atoms with Crippen LogP contribution in [0.3, 0.4) is 0 Å². The summed E-state index contributed by atoms with van der Waals surface area (Å²) in [6, 6.07) is 0. The molecule has 0 aliphatic heterocycles. The highest BCUT2D eigenvalue weighted by molar-refractivity contribution is 5.79. The van der Waals surface area contributed by atoms with Gasteiger partial charge in [-0.25, -0.2) is 0 Å². The summed E-state index contributed by atoms with van der Waals surface area (Å²) in [7, 11) is 1.73. The Morgan fingerprint density at radius 1 is 1.58 bits per heavy atom. The maximum Gasteiger partial charge on any atom is 0.133 e. The predicted octanol–water partition coefficient (Wildman–Crippen LogP) is 2.17. The van der Waals surface area contributed by atoms with Crippen LogP contribution in [0.25, 0.3) is 0 Å². The molecule has 1 aliphatic rings. The molecule has 12 heavy (non-hydrogen) atoms. The van der Waals surface area contributed by atoms with Crippen molar-refractivity contribution in [2.45, 2.75) is 38.5 Å². The van der Waals surface area contributed by atoms with Crippen LogP contribution in [0.1, 0.15) is 38.5 Å². The van der Waals surface area contributed by atoms with Crippen LogP contribution in [0, 0.1) is 5.92 Å². The molecule has 0 aromatic carbocycles. The molecule has 0 aromatic rings. The number of carbonyl (C=O) groups is 1. The molecule has 2 nitrogen and oxygen atoms in total. The Balaban J connectivity index is 2.10. The average Bonchev–Trinajstić information content (AvgIpc) is 2.05. The molecule has 2 heteroatoms. The van der Waals surface area contributed by atoms with Crippen LogP contribution in [0.5, 0.6) is 0 Å². The average molecular weight is 170 g/mol. The van der Waals surface area contributed by atoms with Gasteiger partial charge in [-0.1, -0.05) is 0 Å². The van der Waals surface area contributed by atoms with Gasteiger partial charge >= 0.3 is 0 Å². The highest BCUT2D eigenvalue weighted by Gasteiger charge is 2.18. The zero-order valence-electron chi connectivity index (χ0n) is 7.84. The summed E-state index contributed by atoms with van der Waals surface area (Å²) in [5.41, 5.74) is 0. The van der Waals surface area contributed by atoms with Gasteiger partial charge in [-0.3, -0.25) is 4.79 Å². The lowest BCUT2D eigenvalue weighted by Gasteiger charge is -2.20. The van der Waals surface area contributed by atoms with Gasteiger partial charge < -0.3 is 4.74 Å². The van der Waals surface area contributed by atoms with E-state index in [1.54, 1.807) is 7.11 Å². The maximum absolute atomic E-state index is 11.1. The molecular weight excluding hydrogens is 152 g/mol. The minimum absolute atomic E-state index is 0.462. The quantitative estimate of drug-likeness (QED) is 0.604. The van der Waals surface area contributed by atoms with Crippen LogP contribution < -0.4 is 0 Å². The molecule has 70 valence electrons. The van der Waals surface area contributed by atoms with Crippen LogP contribution in [0.15, 0.2) is 0 Å². The van der Waals surface area contributed by atoms with E-state index in [1.807, 2.05) is 0 Å². The molecule has 0 N–H and O–H groups in total. The van der Waals surface area contributed by atoms with Crippen molar-refractivity contribution in [1.29, 1.82) is 0 Å². The van der Waals surface area contributed by atoms with E-state index in [4.69, 9.17) is 4.74 Å². The third kappa shape index (κ3) is 3.35. The molecule has 0 amide bonds. The summed E-state index contributed by atoms with van der Waals surface area (Å²) >= 11 is 0. The van der Waals surface area contributed by atoms with E-state index >= 15 is 0 Å². The predicted molar refractivity (Wildman–Crippen MR) is 48.1 cm³/mol. The van der Waals surface area contributed by atoms with Crippen LogP contribution in [-0.2, 0) is 9.53 Å². The van der Waals surface area contributed by atoms with E-state index in [1.165, 1.54) is 12.8 Å². The van der Waals surface area contributed by atoms with Crippen LogP contribution in [-0.4, -0.2) is 19.5 Å². The Morgan fingerprint density at radius 2 is 2.42 bits per heavy atom. The summed E-state index contributed by atoms with van der Waals surface area (Å²) in [6.45, 7) is 0.838. The third-order valence-electron chi connectivity index (χ3n) is 2.55. The Bertz CT molecular complexity index is 143. The Hall–Kier alpha value is -0.370. The molecular formula is C10H18O2. The van der Waals surface area contributed by atoms with Crippen LogP contribution in [0.2, 0.25) is 0 Å². The van der Waals surface area contributed by atoms with Gasteiger partial charge in [0, 0.05) is 26.6 Å². The Morgan fingerprint density at radius 3 is 3.08 bits per heavy atom. The van der Waals surface area contributed by atoms with Crippen molar-refractivity contribution in [2.75, 3.05) is 13.7 Å². The monoisotopic (exact) mass is 170 g/mol. The van der Waals surface area contributed by atoms with Crippen molar-refractivity contribution in [3.8, 4) is 0 Å². The van der Waals surface area contributed by atoms with Crippen molar-refractivity contribution in [1.82, 2.24) is 0 Å². The smallest absolute Gasteiger partial charge is 0.133 e. The molecule has 1 rings (SSSR count). The SMILES string of the molecule is COCCCC1CCCC(=O)C1. The molecule has 1 atom stereocenters. The number of hydrogen-bond donors (Lipinski definition) is 0. The van der Waals surface area contributed by atoms with Gasteiger partial charge in [0.15, 0.2) is 0 Å². The minimum Gasteiger partial charge on any atom is -0.385 e. The van der Waals surface area contributed by atoms with Gasteiger partial charge in [-0.15, -0.1) is 0 Å². The standard InChI is InChI=1S/C10H18O2/c1-12-7-3-5-9-4-2-6-10(11)8-9/h9H,2-8H2,1H3. The second-order valence-electron chi connectivity index (χ2n) is 3.64. The Kier molecular flexibility index (Phi) is 4.30. The zero-order valence-corrected chi connectivity index (χ0v) is 7.84. The van der Waals surface area contributed by atoms with Crippen molar-refractivity contribution in [3.63, 3.8) is 0 Å². The molecule has 0 radical (unpaired) electrons. The van der Waals surface area contributed by atoms with E-state index in [0.717, 1.165) is 32.3 Å². The van der Waals surface area contributed by atoms with E-state index in [-0.39, 0.29) is 0 Å². The fourth-order valence-corrected chi connectivity index (χ4v) is 1.88. The van der Waals surface area contributed by atoms with Gasteiger partial charge in [0.25, 0.3) is 0 Å². The van der Waals surface area contributed by atoms with Crippen LogP contribution in [0.4, 0.5) is 0 Å². The molecule has 0 saturated heterocycles. The first kappa shape index (κ1) is 9.72. The number of carbonyl (C=O) groups excluding carboxylic acids is 1. The first-order valence-electron chi connectivity index (χ1n) is 4.83. The van der Waals surface area contributed by atoms with Crippen molar-refractivity contribution < 1.29 is 9.53 Å². The lowest BCUT2D eigenvalue weighted by molar-refractivity contribution is -0.121. The summed E-state index contributed by atoms with van der Waals surface area (Å²) < 4.78 is 4.97. The van der Waals surface area contributed by atoms with Crippen molar-refractivity contribution in [3.05, 3.63) is 0 Å². The van der Waals surface area contributed by atoms with E-state index in [2.05, 4.69) is 0 Å². The molecule has 1 saturated carbocycles.